The minimum atomic E-state index is -0.574. The van der Waals surface area contributed by atoms with Gasteiger partial charge in [-0.1, -0.05) is 19.1 Å². The van der Waals surface area contributed by atoms with Gasteiger partial charge in [-0.3, -0.25) is 0 Å². The third kappa shape index (κ3) is 7.53. The summed E-state index contributed by atoms with van der Waals surface area (Å²) in [5.41, 5.74) is 5.90. The topological polar surface area (TPSA) is 55.4 Å². The van der Waals surface area contributed by atoms with Crippen LogP contribution in [0.2, 0.25) is 0 Å². The second kappa shape index (κ2) is 8.48. The van der Waals surface area contributed by atoms with Gasteiger partial charge in [0.25, 0.3) is 0 Å². The molecule has 0 aromatic rings. The van der Waals surface area contributed by atoms with Gasteiger partial charge in [-0.25, -0.2) is 9.79 Å². The highest BCUT2D eigenvalue weighted by Crippen LogP contribution is 2.04. The van der Waals surface area contributed by atoms with Crippen LogP contribution in [0.1, 0.15) is 46.0 Å². The lowest BCUT2D eigenvalue weighted by atomic mass is 10.1. The molecule has 0 aliphatic heterocycles. The molecule has 0 fully saturated rings. The Labute approximate surface area is 86.1 Å². The van der Waals surface area contributed by atoms with E-state index in [1.54, 1.807) is 0 Å². The van der Waals surface area contributed by atoms with Gasteiger partial charge in [0.1, 0.15) is 0 Å². The van der Waals surface area contributed by atoms with Gasteiger partial charge in [0.15, 0.2) is 0 Å². The Morgan fingerprint density at radius 3 is 2.64 bits per heavy atom. The first-order valence-electron chi connectivity index (χ1n) is 5.17. The van der Waals surface area contributed by atoms with Crippen LogP contribution < -0.4 is 5.73 Å². The number of hydrogen-bond donors (Lipinski definition) is 1. The number of unbranched alkanes of at least 4 members (excludes halogenated alkanes) is 2. The van der Waals surface area contributed by atoms with E-state index in [-0.39, 0.29) is 0 Å². The molecule has 14 heavy (non-hydrogen) atoms. The van der Waals surface area contributed by atoms with Crippen LogP contribution in [0.4, 0.5) is 4.79 Å². The van der Waals surface area contributed by atoms with Gasteiger partial charge in [-0.2, -0.15) is 0 Å². The van der Waals surface area contributed by atoms with Crippen molar-refractivity contribution in [3.8, 4) is 0 Å². The van der Waals surface area contributed by atoms with E-state index in [1.165, 1.54) is 0 Å². The van der Waals surface area contributed by atoms with Crippen molar-refractivity contribution in [1.29, 1.82) is 0 Å². The molecule has 0 unspecified atom stereocenters. The molecule has 0 saturated heterocycles. The molecule has 0 aliphatic rings. The number of nitrogens with zero attached hydrogens (tertiary/aromatic N) is 1. The van der Waals surface area contributed by atoms with E-state index in [4.69, 9.17) is 5.73 Å². The summed E-state index contributed by atoms with van der Waals surface area (Å²) in [6.45, 7) is 4.01. The molecule has 0 bridgehead atoms. The minimum absolute atomic E-state index is 0.574. The van der Waals surface area contributed by atoms with Crippen molar-refractivity contribution in [3.05, 3.63) is 12.2 Å². The van der Waals surface area contributed by atoms with Crippen LogP contribution >= 0.6 is 0 Å². The van der Waals surface area contributed by atoms with Crippen molar-refractivity contribution in [1.82, 2.24) is 0 Å². The summed E-state index contributed by atoms with van der Waals surface area (Å²) >= 11 is 0. The van der Waals surface area contributed by atoms with Crippen LogP contribution in [-0.4, -0.2) is 11.7 Å². The molecule has 0 rings (SSSR count). The Hall–Kier alpha value is -1.12. The molecular weight excluding hydrogens is 176 g/mol. The standard InChI is InChI=1S/C11H20N2O/c1-3-5-6-7-8-9-10(4-2)13-11(12)14/h3,5H,4,6-9H2,1-2H3,(H2,12,14). The van der Waals surface area contributed by atoms with Crippen molar-refractivity contribution >= 4 is 11.7 Å². The number of primary amides is 1. The molecule has 3 nitrogen and oxygen atoms in total. The number of amides is 2. The van der Waals surface area contributed by atoms with Crippen molar-refractivity contribution in [2.24, 2.45) is 10.7 Å². The van der Waals surface area contributed by atoms with Crippen molar-refractivity contribution in [3.63, 3.8) is 0 Å². The largest absolute Gasteiger partial charge is 0.350 e. The summed E-state index contributed by atoms with van der Waals surface area (Å²) in [5, 5.41) is 0. The molecule has 2 N–H and O–H groups in total. The molecule has 0 atom stereocenters. The van der Waals surface area contributed by atoms with E-state index in [0.717, 1.165) is 37.8 Å². The number of hydrogen-bond acceptors (Lipinski definition) is 1. The molecule has 3 heteroatoms. The molecule has 0 aromatic heterocycles. The molecular formula is C11H20N2O. The number of aliphatic imine (C=N–C) groups is 1. The maximum absolute atomic E-state index is 10.5. The number of urea groups is 1. The van der Waals surface area contributed by atoms with Crippen molar-refractivity contribution in [2.45, 2.75) is 46.0 Å². The Bertz CT molecular complexity index is 219. The van der Waals surface area contributed by atoms with Gasteiger partial charge in [-0.05, 0) is 39.0 Å². The van der Waals surface area contributed by atoms with Gasteiger partial charge < -0.3 is 5.73 Å². The van der Waals surface area contributed by atoms with Crippen LogP contribution in [0.25, 0.3) is 0 Å². The zero-order chi connectivity index (χ0) is 10.8. The van der Waals surface area contributed by atoms with Gasteiger partial charge in [-0.15, -0.1) is 0 Å². The molecule has 0 aliphatic carbocycles. The third-order valence-electron chi connectivity index (χ3n) is 2.00. The lowest BCUT2D eigenvalue weighted by Crippen LogP contribution is -2.09. The van der Waals surface area contributed by atoms with E-state index in [0.29, 0.717) is 0 Å². The highest BCUT2D eigenvalue weighted by Gasteiger charge is 1.98. The number of allylic oxidation sites excluding steroid dienone is 2. The first-order chi connectivity index (χ1) is 6.70. The monoisotopic (exact) mass is 196 g/mol. The average molecular weight is 196 g/mol. The fraction of sp³-hybridized carbons (Fsp3) is 0.636. The zero-order valence-corrected chi connectivity index (χ0v) is 9.12. The smallest absolute Gasteiger partial charge is 0.338 e. The Kier molecular flexibility index (Phi) is 7.80. The Balaban J connectivity index is 3.68. The molecule has 80 valence electrons. The Morgan fingerprint density at radius 1 is 1.43 bits per heavy atom. The van der Waals surface area contributed by atoms with Gasteiger partial charge >= 0.3 is 6.03 Å². The van der Waals surface area contributed by atoms with E-state index in [2.05, 4.69) is 17.1 Å². The summed E-state index contributed by atoms with van der Waals surface area (Å²) in [6, 6.07) is -0.574. The van der Waals surface area contributed by atoms with E-state index in [1.807, 2.05) is 13.8 Å². The average Bonchev–Trinajstić information content (AvgIpc) is 2.15. The fourth-order valence-corrected chi connectivity index (χ4v) is 1.23. The number of rotatable bonds is 6. The molecule has 0 saturated carbocycles. The summed E-state index contributed by atoms with van der Waals surface area (Å²) in [7, 11) is 0. The maximum Gasteiger partial charge on any atom is 0.338 e. The highest BCUT2D eigenvalue weighted by molar-refractivity contribution is 5.94. The van der Waals surface area contributed by atoms with Crippen LogP contribution in [0.3, 0.4) is 0 Å². The summed E-state index contributed by atoms with van der Waals surface area (Å²) in [4.78, 5) is 14.3. The minimum Gasteiger partial charge on any atom is -0.350 e. The quantitative estimate of drug-likeness (QED) is 0.396. The first kappa shape index (κ1) is 12.9. The SMILES string of the molecule is CC=CCCCCC(CC)=NC(N)=O. The van der Waals surface area contributed by atoms with E-state index >= 15 is 0 Å². The molecule has 0 radical (unpaired) electrons. The van der Waals surface area contributed by atoms with Crippen LogP contribution in [-0.2, 0) is 0 Å². The van der Waals surface area contributed by atoms with Gasteiger partial charge in [0.05, 0.1) is 0 Å². The normalized spacial score (nSPS) is 12.3. The number of carbonyl (C=O) groups excluding carboxylic acids is 1. The predicted octanol–water partition coefficient (Wildman–Crippen LogP) is 3.05. The van der Waals surface area contributed by atoms with Crippen molar-refractivity contribution < 1.29 is 4.79 Å². The lowest BCUT2D eigenvalue weighted by molar-refractivity contribution is 0.256. The third-order valence-corrected chi connectivity index (χ3v) is 2.00. The summed E-state index contributed by atoms with van der Waals surface area (Å²) in [6.07, 6.45) is 9.22. The second-order valence-corrected chi connectivity index (χ2v) is 3.18. The Morgan fingerprint density at radius 2 is 2.14 bits per heavy atom. The van der Waals surface area contributed by atoms with Crippen LogP contribution in [0, 0.1) is 0 Å². The molecule has 0 spiro atoms. The number of nitrogens with two attached hydrogens (primary N) is 1. The van der Waals surface area contributed by atoms with Gasteiger partial charge in [0.2, 0.25) is 0 Å². The summed E-state index contributed by atoms with van der Waals surface area (Å²) in [5.74, 6) is 0. The summed E-state index contributed by atoms with van der Waals surface area (Å²) < 4.78 is 0. The molecule has 2 amide bonds. The number of carbonyl (C=O) groups is 1. The fourth-order valence-electron chi connectivity index (χ4n) is 1.23. The maximum atomic E-state index is 10.5. The highest BCUT2D eigenvalue weighted by atomic mass is 16.2. The van der Waals surface area contributed by atoms with Crippen molar-refractivity contribution in [2.75, 3.05) is 0 Å². The predicted molar refractivity (Wildman–Crippen MR) is 60.6 cm³/mol. The van der Waals surface area contributed by atoms with Gasteiger partial charge in [0, 0.05) is 5.71 Å². The second-order valence-electron chi connectivity index (χ2n) is 3.18. The van der Waals surface area contributed by atoms with E-state index in [9.17, 15) is 4.79 Å². The van der Waals surface area contributed by atoms with Crippen LogP contribution in [0.15, 0.2) is 17.1 Å². The molecule has 0 heterocycles. The molecule has 0 aromatic carbocycles. The van der Waals surface area contributed by atoms with Crippen LogP contribution in [0.5, 0.6) is 0 Å². The van der Waals surface area contributed by atoms with E-state index < -0.39 is 6.03 Å². The zero-order valence-electron chi connectivity index (χ0n) is 9.12. The lowest BCUT2D eigenvalue weighted by Gasteiger charge is -2.01. The first-order valence-corrected chi connectivity index (χ1v) is 5.17.